The van der Waals surface area contributed by atoms with E-state index in [4.69, 9.17) is 4.74 Å². The smallest absolute Gasteiger partial charge is 0.262 e. The summed E-state index contributed by atoms with van der Waals surface area (Å²) in [6.07, 6.45) is 3.24. The van der Waals surface area contributed by atoms with Gasteiger partial charge in [0.25, 0.3) is 5.91 Å². The Balaban J connectivity index is 1.84. The van der Waals surface area contributed by atoms with Gasteiger partial charge >= 0.3 is 0 Å². The number of piperidine rings is 1. The molecule has 1 amide bonds. The second kappa shape index (κ2) is 10.8. The highest BCUT2D eigenvalue weighted by Crippen LogP contribution is 2.32. The van der Waals surface area contributed by atoms with Crippen molar-refractivity contribution in [2.24, 2.45) is 0 Å². The third-order valence-electron chi connectivity index (χ3n) is 5.47. The highest BCUT2D eigenvalue weighted by molar-refractivity contribution is 7.89. The summed E-state index contributed by atoms with van der Waals surface area (Å²) >= 11 is 0. The van der Waals surface area contributed by atoms with E-state index in [9.17, 15) is 17.6 Å². The SMILES string of the molecule is CCN(CC)S(=O)(=O)c1ccc(N2CCCCC2)c(NC(=O)COc2ccc(F)cc2)c1. The van der Waals surface area contributed by atoms with Crippen LogP contribution in [0.5, 0.6) is 5.75 Å². The van der Waals surface area contributed by atoms with Crippen LogP contribution < -0.4 is 15.0 Å². The Morgan fingerprint density at radius 1 is 1.06 bits per heavy atom. The maximum atomic E-state index is 13.0. The van der Waals surface area contributed by atoms with E-state index in [0.29, 0.717) is 24.5 Å². The van der Waals surface area contributed by atoms with E-state index in [1.807, 2.05) is 0 Å². The fourth-order valence-corrected chi connectivity index (χ4v) is 5.25. The van der Waals surface area contributed by atoms with Gasteiger partial charge in [0, 0.05) is 26.2 Å². The number of sulfonamides is 1. The van der Waals surface area contributed by atoms with Gasteiger partial charge in [0.05, 0.1) is 16.3 Å². The molecular weight excluding hydrogens is 433 g/mol. The summed E-state index contributed by atoms with van der Waals surface area (Å²) in [5.74, 6) is -0.445. The number of anilines is 2. The Morgan fingerprint density at radius 2 is 1.72 bits per heavy atom. The van der Waals surface area contributed by atoms with Crippen molar-refractivity contribution in [2.45, 2.75) is 38.0 Å². The van der Waals surface area contributed by atoms with E-state index in [2.05, 4.69) is 10.2 Å². The first-order chi connectivity index (χ1) is 15.3. The molecule has 9 heteroatoms. The van der Waals surface area contributed by atoms with Crippen molar-refractivity contribution in [2.75, 3.05) is 43.0 Å². The van der Waals surface area contributed by atoms with Gasteiger partial charge in [-0.05, 0) is 61.7 Å². The maximum absolute atomic E-state index is 13.0. The van der Waals surface area contributed by atoms with Gasteiger partial charge in [-0.15, -0.1) is 0 Å². The molecule has 1 aliphatic heterocycles. The number of ether oxygens (including phenoxy) is 1. The van der Waals surface area contributed by atoms with Crippen LogP contribution in [0.1, 0.15) is 33.1 Å². The van der Waals surface area contributed by atoms with Gasteiger partial charge < -0.3 is 15.0 Å². The zero-order chi connectivity index (χ0) is 23.1. The van der Waals surface area contributed by atoms with Crippen LogP contribution in [0.4, 0.5) is 15.8 Å². The molecule has 7 nitrogen and oxygen atoms in total. The van der Waals surface area contributed by atoms with Crippen LogP contribution >= 0.6 is 0 Å². The molecule has 0 aromatic heterocycles. The number of nitrogens with zero attached hydrogens (tertiary/aromatic N) is 2. The molecule has 3 rings (SSSR count). The minimum absolute atomic E-state index is 0.136. The monoisotopic (exact) mass is 463 g/mol. The predicted molar refractivity (Wildman–Crippen MR) is 123 cm³/mol. The number of halogens is 1. The minimum Gasteiger partial charge on any atom is -0.484 e. The van der Waals surface area contributed by atoms with E-state index < -0.39 is 15.9 Å². The summed E-state index contributed by atoms with van der Waals surface area (Å²) in [5, 5.41) is 2.81. The first-order valence-corrected chi connectivity index (χ1v) is 12.4. The predicted octanol–water partition coefficient (Wildman–Crippen LogP) is 3.86. The summed E-state index contributed by atoms with van der Waals surface area (Å²) in [6, 6.07) is 10.3. The normalized spacial score (nSPS) is 14.4. The molecule has 2 aromatic carbocycles. The average molecular weight is 464 g/mol. The van der Waals surface area contributed by atoms with Crippen molar-refractivity contribution in [3.63, 3.8) is 0 Å². The highest BCUT2D eigenvalue weighted by atomic mass is 32.2. The van der Waals surface area contributed by atoms with Crippen LogP contribution in [0.15, 0.2) is 47.4 Å². The standard InChI is InChI=1S/C23H30FN3O4S/c1-3-27(4-2)32(29,30)20-12-13-22(26-14-6-5-7-15-26)21(16-20)25-23(28)17-31-19-10-8-18(24)9-11-19/h8-13,16H,3-7,14-15,17H2,1-2H3,(H,25,28). The van der Waals surface area contributed by atoms with Gasteiger partial charge in [-0.2, -0.15) is 4.31 Å². The fraction of sp³-hybridized carbons (Fsp3) is 0.435. The van der Waals surface area contributed by atoms with Crippen LogP contribution in [0.3, 0.4) is 0 Å². The molecule has 32 heavy (non-hydrogen) atoms. The molecule has 2 aromatic rings. The molecule has 1 fully saturated rings. The zero-order valence-corrected chi connectivity index (χ0v) is 19.3. The number of amides is 1. The molecule has 0 bridgehead atoms. The molecule has 1 heterocycles. The Kier molecular flexibility index (Phi) is 8.09. The minimum atomic E-state index is -3.67. The topological polar surface area (TPSA) is 79.0 Å². The quantitative estimate of drug-likeness (QED) is 0.611. The molecule has 0 atom stereocenters. The van der Waals surface area contributed by atoms with Crippen LogP contribution in [0.25, 0.3) is 0 Å². The number of rotatable bonds is 9. The summed E-state index contributed by atoms with van der Waals surface area (Å²) in [5.41, 5.74) is 1.23. The number of hydrogen-bond acceptors (Lipinski definition) is 5. The Morgan fingerprint density at radius 3 is 2.34 bits per heavy atom. The van der Waals surface area contributed by atoms with E-state index in [0.717, 1.165) is 38.0 Å². The third-order valence-corrected chi connectivity index (χ3v) is 7.51. The first kappa shape index (κ1) is 24.0. The van der Waals surface area contributed by atoms with Crippen molar-refractivity contribution in [1.29, 1.82) is 0 Å². The number of benzene rings is 2. The van der Waals surface area contributed by atoms with E-state index in [-0.39, 0.29) is 17.3 Å². The number of nitrogens with one attached hydrogen (secondary N) is 1. The van der Waals surface area contributed by atoms with Gasteiger partial charge in [-0.25, -0.2) is 12.8 Å². The average Bonchev–Trinajstić information content (AvgIpc) is 2.80. The van der Waals surface area contributed by atoms with Crippen molar-refractivity contribution in [3.8, 4) is 5.75 Å². The lowest BCUT2D eigenvalue weighted by atomic mass is 10.1. The van der Waals surface area contributed by atoms with Gasteiger partial charge in [-0.3, -0.25) is 4.79 Å². The lowest BCUT2D eigenvalue weighted by Crippen LogP contribution is -2.32. The molecular formula is C23H30FN3O4S. The molecule has 0 radical (unpaired) electrons. The summed E-state index contributed by atoms with van der Waals surface area (Å²) in [6.45, 7) is 5.71. The lowest BCUT2D eigenvalue weighted by molar-refractivity contribution is -0.118. The highest BCUT2D eigenvalue weighted by Gasteiger charge is 2.24. The Labute approximate surface area is 189 Å². The second-order valence-electron chi connectivity index (χ2n) is 7.61. The zero-order valence-electron chi connectivity index (χ0n) is 18.5. The summed E-state index contributed by atoms with van der Waals surface area (Å²) in [4.78, 5) is 14.9. The van der Waals surface area contributed by atoms with Crippen molar-refractivity contribution in [3.05, 3.63) is 48.3 Å². The van der Waals surface area contributed by atoms with Crippen molar-refractivity contribution >= 4 is 27.3 Å². The fourth-order valence-electron chi connectivity index (χ4n) is 3.76. The summed E-state index contributed by atoms with van der Waals surface area (Å²) < 4.78 is 45.9. The second-order valence-corrected chi connectivity index (χ2v) is 9.54. The van der Waals surface area contributed by atoms with Gasteiger partial charge in [-0.1, -0.05) is 13.8 Å². The lowest BCUT2D eigenvalue weighted by Gasteiger charge is -2.31. The van der Waals surface area contributed by atoms with Gasteiger partial charge in [0.15, 0.2) is 6.61 Å². The molecule has 0 spiro atoms. The number of hydrogen-bond donors (Lipinski definition) is 1. The van der Waals surface area contributed by atoms with E-state index in [1.165, 1.54) is 34.6 Å². The van der Waals surface area contributed by atoms with Crippen molar-refractivity contribution in [1.82, 2.24) is 4.31 Å². The number of carbonyl (C=O) groups is 1. The molecule has 0 unspecified atom stereocenters. The van der Waals surface area contributed by atoms with E-state index in [1.54, 1.807) is 26.0 Å². The molecule has 0 saturated carbocycles. The van der Waals surface area contributed by atoms with Gasteiger partial charge in [0.1, 0.15) is 11.6 Å². The van der Waals surface area contributed by atoms with Crippen molar-refractivity contribution < 1.29 is 22.3 Å². The third kappa shape index (κ3) is 5.77. The maximum Gasteiger partial charge on any atom is 0.262 e. The molecule has 0 aliphatic carbocycles. The van der Waals surface area contributed by atoms with Crippen LogP contribution in [-0.2, 0) is 14.8 Å². The molecule has 1 aliphatic rings. The molecule has 1 saturated heterocycles. The summed E-state index contributed by atoms with van der Waals surface area (Å²) in [7, 11) is -3.67. The number of carbonyl (C=O) groups excluding carboxylic acids is 1. The molecule has 1 N–H and O–H groups in total. The van der Waals surface area contributed by atoms with Gasteiger partial charge in [0.2, 0.25) is 10.0 Å². The largest absolute Gasteiger partial charge is 0.484 e. The molecule has 174 valence electrons. The van der Waals surface area contributed by atoms with E-state index >= 15 is 0 Å². The Hall–Kier alpha value is -2.65. The van der Waals surface area contributed by atoms with Crippen LogP contribution in [0, 0.1) is 5.82 Å². The Bertz CT molecular complexity index is 1020. The first-order valence-electron chi connectivity index (χ1n) is 10.9. The van der Waals surface area contributed by atoms with Crippen LogP contribution in [-0.4, -0.2) is 51.4 Å². The van der Waals surface area contributed by atoms with Crippen LogP contribution in [0.2, 0.25) is 0 Å².